The van der Waals surface area contributed by atoms with Crippen LogP contribution >= 0.6 is 0 Å². The van der Waals surface area contributed by atoms with E-state index >= 15 is 0 Å². The molecule has 1 aromatic carbocycles. The minimum Gasteiger partial charge on any atom is -0.293 e. The van der Waals surface area contributed by atoms with Crippen LogP contribution in [0.2, 0.25) is 0 Å². The van der Waals surface area contributed by atoms with Gasteiger partial charge in [-0.3, -0.25) is 19.5 Å². The van der Waals surface area contributed by atoms with Crippen molar-refractivity contribution in [1.29, 1.82) is 0 Å². The number of fused-ring (bicyclic) bond motifs is 1. The molecule has 2 aliphatic rings. The Morgan fingerprint density at radius 1 is 1.10 bits per heavy atom. The zero-order valence-electron chi connectivity index (χ0n) is 10.7. The Kier molecular flexibility index (Phi) is 2.13. The van der Waals surface area contributed by atoms with E-state index in [4.69, 9.17) is 0 Å². The maximum atomic E-state index is 12.7. The molecule has 1 amide bonds. The van der Waals surface area contributed by atoms with Crippen LogP contribution < -0.4 is 4.90 Å². The molecule has 0 unspecified atom stereocenters. The summed E-state index contributed by atoms with van der Waals surface area (Å²) in [5, 5.41) is 0. The van der Waals surface area contributed by atoms with Crippen LogP contribution in [0.3, 0.4) is 0 Å². The van der Waals surface area contributed by atoms with E-state index in [9.17, 15) is 9.59 Å². The Morgan fingerprint density at radius 3 is 2.55 bits per heavy atom. The maximum absolute atomic E-state index is 12.7. The maximum Gasteiger partial charge on any atom is 0.277 e. The molecular formula is C16H12N2O2. The van der Waals surface area contributed by atoms with Gasteiger partial charge in [-0.05, 0) is 37.1 Å². The average Bonchev–Trinajstić information content (AvgIpc) is 3.25. The van der Waals surface area contributed by atoms with E-state index in [1.165, 1.54) is 0 Å². The van der Waals surface area contributed by atoms with Crippen molar-refractivity contribution in [2.45, 2.75) is 18.4 Å². The number of rotatable bonds is 1. The zero-order valence-corrected chi connectivity index (χ0v) is 10.7. The van der Waals surface area contributed by atoms with E-state index in [1.807, 2.05) is 18.2 Å². The van der Waals surface area contributed by atoms with Crippen LogP contribution in [0, 0.1) is 0 Å². The van der Waals surface area contributed by atoms with Gasteiger partial charge < -0.3 is 0 Å². The van der Waals surface area contributed by atoms with Crippen LogP contribution in [-0.2, 0) is 0 Å². The monoisotopic (exact) mass is 264 g/mol. The molecule has 1 aliphatic heterocycles. The van der Waals surface area contributed by atoms with Crippen LogP contribution in [0.4, 0.5) is 5.69 Å². The third-order valence-electron chi connectivity index (χ3n) is 4.05. The van der Waals surface area contributed by atoms with Crippen molar-refractivity contribution >= 4 is 17.4 Å². The molecule has 2 aromatic rings. The van der Waals surface area contributed by atoms with E-state index in [1.54, 1.807) is 35.4 Å². The molecule has 2 heterocycles. The number of carbonyl (C=O) groups excluding carboxylic acids is 2. The van der Waals surface area contributed by atoms with Crippen molar-refractivity contribution in [2.24, 2.45) is 0 Å². The highest BCUT2D eigenvalue weighted by Crippen LogP contribution is 2.53. The lowest BCUT2D eigenvalue weighted by Gasteiger charge is -2.23. The zero-order chi connectivity index (χ0) is 13.7. The van der Waals surface area contributed by atoms with E-state index in [-0.39, 0.29) is 11.7 Å². The predicted octanol–water partition coefficient (Wildman–Crippen LogP) is 2.46. The lowest BCUT2D eigenvalue weighted by Crippen LogP contribution is -2.42. The summed E-state index contributed by atoms with van der Waals surface area (Å²) in [6.07, 6.45) is 3.06. The Hall–Kier alpha value is -2.49. The number of aromatic nitrogens is 1. The van der Waals surface area contributed by atoms with Gasteiger partial charge in [0.2, 0.25) is 0 Å². The molecule has 0 radical (unpaired) electrons. The van der Waals surface area contributed by atoms with Gasteiger partial charge in [-0.1, -0.05) is 18.2 Å². The molecule has 0 saturated heterocycles. The predicted molar refractivity (Wildman–Crippen MR) is 73.8 cm³/mol. The van der Waals surface area contributed by atoms with Crippen LogP contribution in [0.25, 0.3) is 0 Å². The normalized spacial score (nSPS) is 18.2. The number of Topliss-reactive ketones (excluding diaryl/α,β-unsaturated/α-hetero) is 1. The number of benzene rings is 1. The largest absolute Gasteiger partial charge is 0.293 e. The summed E-state index contributed by atoms with van der Waals surface area (Å²) in [6, 6.07) is 12.6. The number of ketones is 1. The minimum atomic E-state index is -0.641. The Labute approximate surface area is 116 Å². The fourth-order valence-electron chi connectivity index (χ4n) is 2.92. The standard InChI is InChI=1S/C16H12N2O2/c19-14-11-5-1-2-7-13(11)18(16(14)8-9-16)15(20)12-6-3-4-10-17-12/h1-7,10H,8-9H2. The quantitative estimate of drug-likeness (QED) is 0.795. The summed E-state index contributed by atoms with van der Waals surface area (Å²) in [5.41, 5.74) is 1.10. The average molecular weight is 264 g/mol. The highest BCUT2D eigenvalue weighted by molar-refractivity contribution is 6.24. The van der Waals surface area contributed by atoms with Gasteiger partial charge in [-0.15, -0.1) is 0 Å². The summed E-state index contributed by atoms with van der Waals surface area (Å²) in [5.74, 6) is -0.126. The number of hydrogen-bond acceptors (Lipinski definition) is 3. The van der Waals surface area contributed by atoms with Gasteiger partial charge in [0.15, 0.2) is 5.78 Å². The number of carbonyl (C=O) groups is 2. The van der Waals surface area contributed by atoms with Gasteiger partial charge in [0, 0.05) is 11.8 Å². The lowest BCUT2D eigenvalue weighted by atomic mass is 10.1. The van der Waals surface area contributed by atoms with Crippen molar-refractivity contribution in [2.75, 3.05) is 4.90 Å². The van der Waals surface area contributed by atoms with E-state index in [0.717, 1.165) is 12.8 Å². The second-order valence-electron chi connectivity index (χ2n) is 5.23. The molecule has 0 bridgehead atoms. The summed E-state index contributed by atoms with van der Waals surface area (Å²) in [4.78, 5) is 31.0. The van der Waals surface area contributed by atoms with Gasteiger partial charge in [0.25, 0.3) is 5.91 Å². The number of amides is 1. The Morgan fingerprint density at radius 2 is 1.85 bits per heavy atom. The number of nitrogens with zero attached hydrogens (tertiary/aromatic N) is 2. The highest BCUT2D eigenvalue weighted by atomic mass is 16.2. The first kappa shape index (κ1) is 11.3. The number of hydrogen-bond donors (Lipinski definition) is 0. The van der Waals surface area contributed by atoms with Gasteiger partial charge in [0.1, 0.15) is 11.2 Å². The Balaban J connectivity index is 1.86. The first-order valence-electron chi connectivity index (χ1n) is 6.63. The molecule has 4 nitrogen and oxygen atoms in total. The smallest absolute Gasteiger partial charge is 0.277 e. The molecule has 20 heavy (non-hydrogen) atoms. The number of anilines is 1. The second-order valence-corrected chi connectivity index (χ2v) is 5.23. The molecule has 4 rings (SSSR count). The Bertz CT molecular complexity index is 720. The SMILES string of the molecule is O=C(c1ccccn1)N1c2ccccc2C(=O)C12CC2. The van der Waals surface area contributed by atoms with E-state index in [0.29, 0.717) is 16.9 Å². The first-order valence-corrected chi connectivity index (χ1v) is 6.63. The molecular weight excluding hydrogens is 252 g/mol. The van der Waals surface area contributed by atoms with Crippen LogP contribution in [0.5, 0.6) is 0 Å². The fourth-order valence-corrected chi connectivity index (χ4v) is 2.92. The van der Waals surface area contributed by atoms with Crippen molar-refractivity contribution < 1.29 is 9.59 Å². The molecule has 0 N–H and O–H groups in total. The topological polar surface area (TPSA) is 50.3 Å². The first-order chi connectivity index (χ1) is 9.74. The summed E-state index contributed by atoms with van der Waals surface area (Å²) < 4.78 is 0. The van der Waals surface area contributed by atoms with Crippen LogP contribution in [-0.4, -0.2) is 22.2 Å². The summed E-state index contributed by atoms with van der Waals surface area (Å²) in [6.45, 7) is 0. The number of pyridine rings is 1. The fraction of sp³-hybridized carbons (Fsp3) is 0.188. The molecule has 1 saturated carbocycles. The van der Waals surface area contributed by atoms with Crippen molar-refractivity contribution in [1.82, 2.24) is 4.98 Å². The summed E-state index contributed by atoms with van der Waals surface area (Å²) >= 11 is 0. The van der Waals surface area contributed by atoms with Crippen molar-refractivity contribution in [3.05, 3.63) is 59.9 Å². The highest BCUT2D eigenvalue weighted by Gasteiger charge is 2.62. The van der Waals surface area contributed by atoms with Crippen LogP contribution in [0.1, 0.15) is 33.7 Å². The second kappa shape index (κ2) is 3.76. The molecule has 4 heteroatoms. The lowest BCUT2D eigenvalue weighted by molar-refractivity contribution is 0.0901. The van der Waals surface area contributed by atoms with E-state index in [2.05, 4.69) is 4.98 Å². The third kappa shape index (κ3) is 1.33. The van der Waals surface area contributed by atoms with Crippen molar-refractivity contribution in [3.8, 4) is 0 Å². The van der Waals surface area contributed by atoms with Gasteiger partial charge in [0.05, 0.1) is 5.69 Å². The third-order valence-corrected chi connectivity index (χ3v) is 4.05. The minimum absolute atomic E-state index is 0.0670. The molecule has 1 fully saturated rings. The molecule has 1 aromatic heterocycles. The molecule has 0 atom stereocenters. The summed E-state index contributed by atoms with van der Waals surface area (Å²) in [7, 11) is 0. The number of para-hydroxylation sites is 1. The van der Waals surface area contributed by atoms with Gasteiger partial charge >= 0.3 is 0 Å². The van der Waals surface area contributed by atoms with Crippen molar-refractivity contribution in [3.63, 3.8) is 0 Å². The van der Waals surface area contributed by atoms with Gasteiger partial charge in [-0.25, -0.2) is 0 Å². The molecule has 1 spiro atoms. The molecule has 1 aliphatic carbocycles. The van der Waals surface area contributed by atoms with Crippen LogP contribution in [0.15, 0.2) is 48.7 Å². The van der Waals surface area contributed by atoms with E-state index < -0.39 is 5.54 Å². The van der Waals surface area contributed by atoms with Gasteiger partial charge in [-0.2, -0.15) is 0 Å². The molecule has 98 valence electrons.